The average Bonchev–Trinajstić information content (AvgIpc) is 2.40. The maximum Gasteiger partial charge on any atom is 0.128 e. The Kier molecular flexibility index (Phi) is 4.22. The van der Waals surface area contributed by atoms with Crippen molar-refractivity contribution in [1.29, 1.82) is 0 Å². The molecule has 0 radical (unpaired) electrons. The van der Waals surface area contributed by atoms with Gasteiger partial charge in [-0.15, -0.1) is 0 Å². The van der Waals surface area contributed by atoms with E-state index in [1.807, 2.05) is 19.9 Å². The van der Waals surface area contributed by atoms with Gasteiger partial charge in [0.1, 0.15) is 11.6 Å². The molecule has 0 aliphatic carbocycles. The number of hydrogen-bond donors (Lipinski definition) is 1. The van der Waals surface area contributed by atoms with Crippen molar-refractivity contribution in [1.82, 2.24) is 10.3 Å². The first-order valence-corrected chi connectivity index (χ1v) is 6.22. The molecule has 1 unspecified atom stereocenters. The molecule has 0 spiro atoms. The lowest BCUT2D eigenvalue weighted by atomic mass is 9.96. The third kappa shape index (κ3) is 2.96. The van der Waals surface area contributed by atoms with E-state index in [0.717, 1.165) is 23.3 Å². The van der Waals surface area contributed by atoms with Crippen LogP contribution in [0.1, 0.15) is 29.7 Å². The number of aromatic nitrogens is 1. The summed E-state index contributed by atoms with van der Waals surface area (Å²) in [6, 6.07) is 4.98. The van der Waals surface area contributed by atoms with Crippen molar-refractivity contribution in [3.63, 3.8) is 0 Å². The van der Waals surface area contributed by atoms with Crippen LogP contribution in [0.4, 0.5) is 8.78 Å². The highest BCUT2D eigenvalue weighted by molar-refractivity contribution is 5.36. The fourth-order valence-corrected chi connectivity index (χ4v) is 2.14. The highest BCUT2D eigenvalue weighted by Gasteiger charge is 2.19. The van der Waals surface area contributed by atoms with E-state index < -0.39 is 11.6 Å². The Hall–Kier alpha value is -1.81. The van der Waals surface area contributed by atoms with Gasteiger partial charge < -0.3 is 5.32 Å². The van der Waals surface area contributed by atoms with E-state index in [2.05, 4.69) is 10.3 Å². The summed E-state index contributed by atoms with van der Waals surface area (Å²) in [5.74, 6) is -0.852. The number of pyridine rings is 1. The predicted octanol–water partition coefficient (Wildman–Crippen LogP) is 3.37. The van der Waals surface area contributed by atoms with Gasteiger partial charge in [0.2, 0.25) is 0 Å². The van der Waals surface area contributed by atoms with E-state index in [0.29, 0.717) is 12.1 Å². The van der Waals surface area contributed by atoms with E-state index >= 15 is 0 Å². The Bertz CT molecular complexity index is 570. The summed E-state index contributed by atoms with van der Waals surface area (Å²) >= 11 is 0. The maximum absolute atomic E-state index is 13.9. The zero-order valence-corrected chi connectivity index (χ0v) is 11.0. The molecule has 0 aliphatic heterocycles. The predicted molar refractivity (Wildman–Crippen MR) is 70.9 cm³/mol. The lowest BCUT2D eigenvalue weighted by Gasteiger charge is -2.21. The van der Waals surface area contributed by atoms with Crippen LogP contribution in [0.15, 0.2) is 36.7 Å². The summed E-state index contributed by atoms with van der Waals surface area (Å²) in [7, 11) is 0. The molecule has 1 atom stereocenters. The zero-order valence-electron chi connectivity index (χ0n) is 11.0. The topological polar surface area (TPSA) is 24.9 Å². The van der Waals surface area contributed by atoms with E-state index in [9.17, 15) is 8.78 Å². The molecule has 2 aromatic rings. The second kappa shape index (κ2) is 5.89. The van der Waals surface area contributed by atoms with Gasteiger partial charge >= 0.3 is 0 Å². The van der Waals surface area contributed by atoms with E-state index in [-0.39, 0.29) is 6.04 Å². The monoisotopic (exact) mass is 262 g/mol. The Labute approximate surface area is 111 Å². The lowest BCUT2D eigenvalue weighted by molar-refractivity contribution is 0.543. The first-order chi connectivity index (χ1) is 9.13. The van der Waals surface area contributed by atoms with Gasteiger partial charge in [0, 0.05) is 18.0 Å². The van der Waals surface area contributed by atoms with Gasteiger partial charge in [-0.3, -0.25) is 4.98 Å². The number of nitrogens with one attached hydrogen (secondary N) is 1. The van der Waals surface area contributed by atoms with Crippen molar-refractivity contribution in [2.45, 2.75) is 19.9 Å². The smallest absolute Gasteiger partial charge is 0.128 e. The molecule has 0 aliphatic rings. The molecule has 100 valence electrons. The van der Waals surface area contributed by atoms with Crippen LogP contribution in [-0.2, 0) is 0 Å². The van der Waals surface area contributed by atoms with Gasteiger partial charge in [0.15, 0.2) is 0 Å². The third-order valence-corrected chi connectivity index (χ3v) is 3.05. The Morgan fingerprint density at radius 2 is 2.00 bits per heavy atom. The molecule has 1 aromatic carbocycles. The lowest BCUT2D eigenvalue weighted by Crippen LogP contribution is -2.24. The number of hydrogen-bond acceptors (Lipinski definition) is 2. The Morgan fingerprint density at radius 3 is 2.68 bits per heavy atom. The Balaban J connectivity index is 2.51. The standard InChI is InChI=1S/C15H16F2N2/c1-3-19-15(12-6-7-18-9-10(12)2)13-8-11(16)4-5-14(13)17/h4-9,15,19H,3H2,1-2H3. The normalized spacial score (nSPS) is 12.4. The zero-order chi connectivity index (χ0) is 13.8. The maximum atomic E-state index is 13.9. The van der Waals surface area contributed by atoms with Crippen LogP contribution in [0.2, 0.25) is 0 Å². The number of halogens is 2. The van der Waals surface area contributed by atoms with E-state index in [1.54, 1.807) is 12.4 Å². The summed E-state index contributed by atoms with van der Waals surface area (Å²) < 4.78 is 27.3. The van der Waals surface area contributed by atoms with Crippen molar-refractivity contribution in [3.8, 4) is 0 Å². The molecule has 2 nitrogen and oxygen atoms in total. The van der Waals surface area contributed by atoms with Gasteiger partial charge in [0.25, 0.3) is 0 Å². The number of rotatable bonds is 4. The molecule has 0 bridgehead atoms. The molecule has 1 heterocycles. The number of benzene rings is 1. The van der Waals surface area contributed by atoms with Gasteiger partial charge in [-0.1, -0.05) is 6.92 Å². The fraction of sp³-hybridized carbons (Fsp3) is 0.267. The molecular weight excluding hydrogens is 246 g/mol. The van der Waals surface area contributed by atoms with E-state index in [1.165, 1.54) is 6.07 Å². The van der Waals surface area contributed by atoms with Crippen LogP contribution in [0.5, 0.6) is 0 Å². The van der Waals surface area contributed by atoms with Crippen molar-refractivity contribution >= 4 is 0 Å². The first kappa shape index (κ1) is 13.6. The minimum Gasteiger partial charge on any atom is -0.306 e. The molecule has 0 saturated carbocycles. The molecule has 4 heteroatoms. The SMILES string of the molecule is CCNC(c1ccncc1C)c1cc(F)ccc1F. The number of aryl methyl sites for hydroxylation is 1. The molecule has 1 N–H and O–H groups in total. The third-order valence-electron chi connectivity index (χ3n) is 3.05. The second-order valence-electron chi connectivity index (χ2n) is 4.39. The molecule has 0 fully saturated rings. The van der Waals surface area contributed by atoms with Crippen molar-refractivity contribution in [2.75, 3.05) is 6.54 Å². The highest BCUT2D eigenvalue weighted by Crippen LogP contribution is 2.26. The fourth-order valence-electron chi connectivity index (χ4n) is 2.14. The molecule has 2 rings (SSSR count). The highest BCUT2D eigenvalue weighted by atomic mass is 19.1. The van der Waals surface area contributed by atoms with Crippen LogP contribution in [0, 0.1) is 18.6 Å². The Morgan fingerprint density at radius 1 is 1.21 bits per heavy atom. The minimum atomic E-state index is -0.439. The summed E-state index contributed by atoms with van der Waals surface area (Å²) in [5, 5.41) is 3.19. The van der Waals surface area contributed by atoms with Gasteiger partial charge in [-0.05, 0) is 48.9 Å². The van der Waals surface area contributed by atoms with Crippen LogP contribution in [-0.4, -0.2) is 11.5 Å². The first-order valence-electron chi connectivity index (χ1n) is 6.22. The molecule has 0 amide bonds. The quantitative estimate of drug-likeness (QED) is 0.913. The van der Waals surface area contributed by atoms with Crippen molar-refractivity contribution in [2.24, 2.45) is 0 Å². The molecule has 19 heavy (non-hydrogen) atoms. The molecule has 1 aromatic heterocycles. The molecular formula is C15H16F2N2. The summed E-state index contributed by atoms with van der Waals surface area (Å²) in [4.78, 5) is 4.03. The second-order valence-corrected chi connectivity index (χ2v) is 4.39. The van der Waals surface area contributed by atoms with Gasteiger partial charge in [-0.25, -0.2) is 8.78 Å². The largest absolute Gasteiger partial charge is 0.306 e. The number of nitrogens with zero attached hydrogens (tertiary/aromatic N) is 1. The van der Waals surface area contributed by atoms with E-state index in [4.69, 9.17) is 0 Å². The average molecular weight is 262 g/mol. The van der Waals surface area contributed by atoms with Crippen molar-refractivity contribution in [3.05, 3.63) is 65.0 Å². The van der Waals surface area contributed by atoms with Gasteiger partial charge in [0.05, 0.1) is 6.04 Å². The summed E-state index contributed by atoms with van der Waals surface area (Å²) in [6.07, 6.45) is 3.38. The van der Waals surface area contributed by atoms with Gasteiger partial charge in [-0.2, -0.15) is 0 Å². The minimum absolute atomic E-state index is 0.316. The van der Waals surface area contributed by atoms with Crippen LogP contribution in [0.3, 0.4) is 0 Å². The van der Waals surface area contributed by atoms with Crippen LogP contribution < -0.4 is 5.32 Å². The summed E-state index contributed by atoms with van der Waals surface area (Å²) in [5.41, 5.74) is 2.16. The van der Waals surface area contributed by atoms with Crippen LogP contribution in [0.25, 0.3) is 0 Å². The molecule has 0 saturated heterocycles. The van der Waals surface area contributed by atoms with Crippen molar-refractivity contribution < 1.29 is 8.78 Å². The van der Waals surface area contributed by atoms with Crippen LogP contribution >= 0.6 is 0 Å². The summed E-state index contributed by atoms with van der Waals surface area (Å²) in [6.45, 7) is 4.49.